The molecule has 1 amide bonds. The molecule has 0 saturated carbocycles. The van der Waals surface area contributed by atoms with Gasteiger partial charge in [-0.15, -0.1) is 0 Å². The third-order valence-corrected chi connectivity index (χ3v) is 3.93. The Hall–Kier alpha value is -2.14. The van der Waals surface area contributed by atoms with E-state index in [2.05, 4.69) is 5.16 Å². The summed E-state index contributed by atoms with van der Waals surface area (Å²) in [6.45, 7) is 5.39. The van der Waals surface area contributed by atoms with Crippen molar-refractivity contribution in [2.45, 2.75) is 19.4 Å². The molecule has 5 nitrogen and oxygen atoms in total. The van der Waals surface area contributed by atoms with Gasteiger partial charge in [0.2, 0.25) is 0 Å². The van der Waals surface area contributed by atoms with Gasteiger partial charge in [-0.05, 0) is 19.4 Å². The van der Waals surface area contributed by atoms with Crippen LogP contribution < -0.4 is 0 Å². The molecule has 5 heteroatoms. The van der Waals surface area contributed by atoms with Gasteiger partial charge in [0, 0.05) is 6.54 Å². The third kappa shape index (κ3) is 2.56. The first-order chi connectivity index (χ1) is 10.1. The van der Waals surface area contributed by atoms with Gasteiger partial charge < -0.3 is 14.2 Å². The molecule has 0 radical (unpaired) electrons. The van der Waals surface area contributed by atoms with Gasteiger partial charge in [0.25, 0.3) is 5.91 Å². The molecule has 1 aliphatic heterocycles. The van der Waals surface area contributed by atoms with Crippen molar-refractivity contribution in [1.29, 1.82) is 0 Å². The molecule has 2 heterocycles. The van der Waals surface area contributed by atoms with Crippen LogP contribution in [0.5, 0.6) is 0 Å². The summed E-state index contributed by atoms with van der Waals surface area (Å²) in [5.74, 6) is -0.0563. The summed E-state index contributed by atoms with van der Waals surface area (Å²) in [7, 11) is 0. The number of hydrogen-bond acceptors (Lipinski definition) is 4. The van der Waals surface area contributed by atoms with Gasteiger partial charge in [0.1, 0.15) is 17.4 Å². The lowest BCUT2D eigenvalue weighted by atomic mass is 9.93. The molecular weight excluding hydrogens is 268 g/mol. The van der Waals surface area contributed by atoms with Gasteiger partial charge in [-0.25, -0.2) is 0 Å². The number of aromatic nitrogens is 1. The molecule has 0 aliphatic carbocycles. The first-order valence-electron chi connectivity index (χ1n) is 7.00. The predicted molar refractivity (Wildman–Crippen MR) is 76.9 cm³/mol. The van der Waals surface area contributed by atoms with Crippen molar-refractivity contribution in [2.75, 3.05) is 19.7 Å². The van der Waals surface area contributed by atoms with E-state index in [0.717, 1.165) is 5.56 Å². The molecule has 1 aliphatic rings. The number of benzene rings is 1. The number of rotatable bonds is 2. The number of morpholine rings is 1. The zero-order valence-electron chi connectivity index (χ0n) is 12.2. The van der Waals surface area contributed by atoms with Gasteiger partial charge in [-0.1, -0.05) is 35.5 Å². The summed E-state index contributed by atoms with van der Waals surface area (Å²) in [6.07, 6.45) is 1.41. The minimum Gasteiger partial charge on any atom is -0.367 e. The minimum atomic E-state index is -0.486. The molecule has 2 aromatic rings. The lowest BCUT2D eigenvalue weighted by Crippen LogP contribution is -2.50. The van der Waals surface area contributed by atoms with Crippen LogP contribution in [0.15, 0.2) is 41.1 Å². The average Bonchev–Trinajstić information content (AvgIpc) is 2.93. The van der Waals surface area contributed by atoms with Crippen LogP contribution in [0.4, 0.5) is 0 Å². The highest BCUT2D eigenvalue weighted by Crippen LogP contribution is 2.30. The van der Waals surface area contributed by atoms with Crippen LogP contribution in [0, 0.1) is 6.92 Å². The summed E-state index contributed by atoms with van der Waals surface area (Å²) < 4.78 is 10.8. The molecule has 1 fully saturated rings. The number of aryl methyl sites for hydroxylation is 1. The molecular formula is C16H18N2O3. The zero-order chi connectivity index (χ0) is 14.9. The van der Waals surface area contributed by atoms with Crippen molar-refractivity contribution in [2.24, 2.45) is 0 Å². The SMILES string of the molecule is Cc1nocc1C(=O)N1CCOC(C)(c2ccccc2)C1. The van der Waals surface area contributed by atoms with Crippen LogP contribution in [0.1, 0.15) is 28.5 Å². The summed E-state index contributed by atoms with van der Waals surface area (Å²) in [5, 5.41) is 3.77. The Labute approximate surface area is 123 Å². The van der Waals surface area contributed by atoms with E-state index in [-0.39, 0.29) is 5.91 Å². The normalized spacial score (nSPS) is 22.3. The molecule has 3 rings (SSSR count). The maximum atomic E-state index is 12.6. The van der Waals surface area contributed by atoms with Crippen molar-refractivity contribution in [3.8, 4) is 0 Å². The molecule has 0 N–H and O–H groups in total. The van der Waals surface area contributed by atoms with E-state index < -0.39 is 5.60 Å². The maximum Gasteiger partial charge on any atom is 0.259 e. The number of ether oxygens (including phenoxy) is 1. The van der Waals surface area contributed by atoms with Gasteiger partial charge in [-0.3, -0.25) is 4.79 Å². The van der Waals surface area contributed by atoms with Gasteiger partial charge >= 0.3 is 0 Å². The van der Waals surface area contributed by atoms with Crippen LogP contribution in [0.25, 0.3) is 0 Å². The van der Waals surface area contributed by atoms with Crippen molar-refractivity contribution in [3.63, 3.8) is 0 Å². The Morgan fingerprint density at radius 1 is 1.33 bits per heavy atom. The maximum absolute atomic E-state index is 12.6. The second-order valence-corrected chi connectivity index (χ2v) is 5.49. The van der Waals surface area contributed by atoms with E-state index in [1.807, 2.05) is 37.3 Å². The molecule has 110 valence electrons. The fraction of sp³-hybridized carbons (Fsp3) is 0.375. The van der Waals surface area contributed by atoms with Crippen molar-refractivity contribution < 1.29 is 14.1 Å². The minimum absolute atomic E-state index is 0.0563. The number of amides is 1. The van der Waals surface area contributed by atoms with E-state index >= 15 is 0 Å². The Morgan fingerprint density at radius 2 is 2.10 bits per heavy atom. The molecule has 21 heavy (non-hydrogen) atoms. The van der Waals surface area contributed by atoms with Crippen LogP contribution in [-0.2, 0) is 10.3 Å². The van der Waals surface area contributed by atoms with E-state index in [9.17, 15) is 4.79 Å². The van der Waals surface area contributed by atoms with Crippen molar-refractivity contribution in [3.05, 3.63) is 53.4 Å². The summed E-state index contributed by atoms with van der Waals surface area (Å²) in [5.41, 5.74) is 1.73. The molecule has 1 aromatic carbocycles. The molecule has 1 aromatic heterocycles. The lowest BCUT2D eigenvalue weighted by Gasteiger charge is -2.40. The van der Waals surface area contributed by atoms with Crippen LogP contribution in [0.3, 0.4) is 0 Å². The summed E-state index contributed by atoms with van der Waals surface area (Å²) in [4.78, 5) is 14.4. The first kappa shape index (κ1) is 13.8. The Bertz CT molecular complexity index is 638. The molecule has 1 saturated heterocycles. The number of carbonyl (C=O) groups is 1. The highest BCUT2D eigenvalue weighted by Gasteiger charge is 2.36. The first-order valence-corrected chi connectivity index (χ1v) is 7.00. The number of nitrogens with zero attached hydrogens (tertiary/aromatic N) is 2. The number of hydrogen-bond donors (Lipinski definition) is 0. The Kier molecular flexibility index (Phi) is 3.51. The Morgan fingerprint density at radius 3 is 2.76 bits per heavy atom. The smallest absolute Gasteiger partial charge is 0.259 e. The predicted octanol–water partition coefficient (Wildman–Crippen LogP) is 2.37. The quantitative estimate of drug-likeness (QED) is 0.850. The van der Waals surface area contributed by atoms with Crippen LogP contribution >= 0.6 is 0 Å². The average molecular weight is 286 g/mol. The lowest BCUT2D eigenvalue weighted by molar-refractivity contribution is -0.0931. The van der Waals surface area contributed by atoms with E-state index in [4.69, 9.17) is 9.26 Å². The topological polar surface area (TPSA) is 55.6 Å². The van der Waals surface area contributed by atoms with Crippen LogP contribution in [0.2, 0.25) is 0 Å². The fourth-order valence-corrected chi connectivity index (χ4v) is 2.68. The largest absolute Gasteiger partial charge is 0.367 e. The van der Waals surface area contributed by atoms with E-state index in [1.54, 1.807) is 11.8 Å². The molecule has 0 spiro atoms. The van der Waals surface area contributed by atoms with Crippen LogP contribution in [-0.4, -0.2) is 35.7 Å². The highest BCUT2D eigenvalue weighted by molar-refractivity contribution is 5.95. The van der Waals surface area contributed by atoms with Gasteiger partial charge in [-0.2, -0.15) is 0 Å². The third-order valence-electron chi connectivity index (χ3n) is 3.93. The molecule has 0 bridgehead atoms. The Balaban J connectivity index is 1.83. The highest BCUT2D eigenvalue weighted by atomic mass is 16.5. The van der Waals surface area contributed by atoms with Gasteiger partial charge in [0.15, 0.2) is 0 Å². The van der Waals surface area contributed by atoms with Crippen molar-refractivity contribution in [1.82, 2.24) is 10.1 Å². The second kappa shape index (κ2) is 5.33. The summed E-state index contributed by atoms with van der Waals surface area (Å²) >= 11 is 0. The monoisotopic (exact) mass is 286 g/mol. The summed E-state index contributed by atoms with van der Waals surface area (Å²) in [6, 6.07) is 9.99. The standard InChI is InChI=1S/C16H18N2O3/c1-12-14(10-21-17-12)15(19)18-8-9-20-16(2,11-18)13-6-4-3-5-7-13/h3-7,10H,8-9,11H2,1-2H3. The van der Waals surface area contributed by atoms with Gasteiger partial charge in [0.05, 0.1) is 18.8 Å². The number of carbonyl (C=O) groups excluding carboxylic acids is 1. The van der Waals surface area contributed by atoms with E-state index in [0.29, 0.717) is 31.0 Å². The molecule has 1 atom stereocenters. The second-order valence-electron chi connectivity index (χ2n) is 5.49. The van der Waals surface area contributed by atoms with E-state index in [1.165, 1.54) is 6.26 Å². The fourth-order valence-electron chi connectivity index (χ4n) is 2.68. The molecule has 1 unspecified atom stereocenters. The zero-order valence-corrected chi connectivity index (χ0v) is 12.2. The van der Waals surface area contributed by atoms with Crippen molar-refractivity contribution >= 4 is 5.91 Å².